The van der Waals surface area contributed by atoms with Crippen molar-refractivity contribution >= 4 is 22.6 Å². The highest BCUT2D eigenvalue weighted by Gasteiger charge is 2.33. The van der Waals surface area contributed by atoms with Gasteiger partial charge in [0.1, 0.15) is 22.8 Å². The molecule has 0 radical (unpaired) electrons. The van der Waals surface area contributed by atoms with E-state index < -0.39 is 0 Å². The predicted molar refractivity (Wildman–Crippen MR) is 94.8 cm³/mol. The molecule has 1 aliphatic carbocycles. The van der Waals surface area contributed by atoms with Crippen molar-refractivity contribution in [3.05, 3.63) is 46.4 Å². The molecule has 5 nitrogen and oxygen atoms in total. The first-order valence-corrected chi connectivity index (χ1v) is 8.26. The molecule has 0 bridgehead atoms. The zero-order valence-electron chi connectivity index (χ0n) is 14.6. The van der Waals surface area contributed by atoms with E-state index in [1.54, 1.807) is 19.0 Å². The van der Waals surface area contributed by atoms with Crippen molar-refractivity contribution in [2.75, 3.05) is 14.2 Å². The maximum absolute atomic E-state index is 6.06. The predicted octanol–water partition coefficient (Wildman–Crippen LogP) is 4.51. The number of hydrogen-bond acceptors (Lipinski definition) is 4. The van der Waals surface area contributed by atoms with E-state index in [1.165, 1.54) is 0 Å². The Kier molecular flexibility index (Phi) is 4.30. The monoisotopic (exact) mass is 347 g/mol. The molecule has 0 N–H and O–H groups in total. The Morgan fingerprint density at radius 3 is 2.46 bits per heavy atom. The molecule has 0 saturated carbocycles. The average molecular weight is 348 g/mol. The van der Waals surface area contributed by atoms with E-state index in [9.17, 15) is 0 Å². The fraction of sp³-hybridized carbons (Fsp3) is 0.444. The summed E-state index contributed by atoms with van der Waals surface area (Å²) in [7, 11) is 3.38. The van der Waals surface area contributed by atoms with Crippen molar-refractivity contribution in [2.24, 2.45) is 5.41 Å². The topological polar surface area (TPSA) is 49.2 Å². The van der Waals surface area contributed by atoms with Crippen LogP contribution in [0.25, 0.3) is 11.0 Å². The van der Waals surface area contributed by atoms with Crippen LogP contribution in [0.5, 0.6) is 0 Å². The highest BCUT2D eigenvalue weighted by atomic mass is 35.5. The quantitative estimate of drug-likeness (QED) is 0.819. The van der Waals surface area contributed by atoms with E-state index in [0.717, 1.165) is 28.1 Å². The molecule has 24 heavy (non-hydrogen) atoms. The normalized spacial score (nSPS) is 18.8. The molecule has 6 heteroatoms. The van der Waals surface area contributed by atoms with Gasteiger partial charge in [0.25, 0.3) is 0 Å². The standard InChI is InChI=1S/C18H22ClN3O2/c1-18(2,3)13-9-12(23-4)10-16(17(13)24-5)22-20-14-7-6-11(19)8-15(14)21-22/h6-9,16H,10H2,1-5H3. The van der Waals surface area contributed by atoms with Crippen LogP contribution in [0.1, 0.15) is 33.2 Å². The van der Waals surface area contributed by atoms with E-state index in [-0.39, 0.29) is 11.5 Å². The van der Waals surface area contributed by atoms with E-state index in [1.807, 2.05) is 18.2 Å². The Balaban J connectivity index is 2.13. The molecule has 1 aromatic carbocycles. The molecule has 0 aliphatic heterocycles. The van der Waals surface area contributed by atoms with Gasteiger partial charge < -0.3 is 9.47 Å². The van der Waals surface area contributed by atoms with Gasteiger partial charge >= 0.3 is 0 Å². The Bertz CT molecular complexity index is 830. The minimum Gasteiger partial charge on any atom is -0.501 e. The van der Waals surface area contributed by atoms with Gasteiger partial charge in [0.2, 0.25) is 0 Å². The zero-order chi connectivity index (χ0) is 17.5. The number of fused-ring (bicyclic) bond motifs is 1. The molecule has 0 amide bonds. The number of allylic oxidation sites excluding steroid dienone is 4. The lowest BCUT2D eigenvalue weighted by Crippen LogP contribution is -2.25. The van der Waals surface area contributed by atoms with Gasteiger partial charge in [-0.05, 0) is 29.7 Å². The molecule has 128 valence electrons. The van der Waals surface area contributed by atoms with Crippen LogP contribution >= 0.6 is 11.6 Å². The van der Waals surface area contributed by atoms with Crippen LogP contribution in [0.3, 0.4) is 0 Å². The number of aromatic nitrogens is 3. The summed E-state index contributed by atoms with van der Waals surface area (Å²) in [6.45, 7) is 6.46. The average Bonchev–Trinajstić information content (AvgIpc) is 2.95. The summed E-state index contributed by atoms with van der Waals surface area (Å²) < 4.78 is 11.3. The number of methoxy groups -OCH3 is 2. The second-order valence-electron chi connectivity index (χ2n) is 6.92. The lowest BCUT2D eigenvalue weighted by atomic mass is 9.81. The number of halogens is 1. The molecule has 0 spiro atoms. The molecule has 1 unspecified atom stereocenters. The van der Waals surface area contributed by atoms with Gasteiger partial charge in [-0.2, -0.15) is 15.0 Å². The Hall–Kier alpha value is -2.01. The Morgan fingerprint density at radius 2 is 1.83 bits per heavy atom. The number of benzene rings is 1. The number of nitrogens with zero attached hydrogens (tertiary/aromatic N) is 3. The third-order valence-corrected chi connectivity index (χ3v) is 4.43. The second-order valence-corrected chi connectivity index (χ2v) is 7.36. The summed E-state index contributed by atoms with van der Waals surface area (Å²) in [5.41, 5.74) is 2.59. The van der Waals surface area contributed by atoms with E-state index in [4.69, 9.17) is 21.1 Å². The van der Waals surface area contributed by atoms with Crippen LogP contribution in [-0.2, 0) is 9.47 Å². The lowest BCUT2D eigenvalue weighted by molar-refractivity contribution is 0.183. The lowest BCUT2D eigenvalue weighted by Gasteiger charge is -2.31. The summed E-state index contributed by atoms with van der Waals surface area (Å²) in [5, 5.41) is 9.86. The zero-order valence-corrected chi connectivity index (χ0v) is 15.4. The maximum atomic E-state index is 6.06. The number of hydrogen-bond donors (Lipinski definition) is 0. The highest BCUT2D eigenvalue weighted by Crippen LogP contribution is 2.41. The summed E-state index contributed by atoms with van der Waals surface area (Å²) in [4.78, 5) is 1.71. The fourth-order valence-electron chi connectivity index (χ4n) is 2.96. The van der Waals surface area contributed by atoms with Gasteiger partial charge in [-0.25, -0.2) is 0 Å². The Morgan fingerprint density at radius 1 is 1.12 bits per heavy atom. The third kappa shape index (κ3) is 3.00. The first-order valence-electron chi connectivity index (χ1n) is 7.89. The number of ether oxygens (including phenoxy) is 2. The molecule has 1 heterocycles. The van der Waals surface area contributed by atoms with Crippen LogP contribution in [0.2, 0.25) is 5.02 Å². The van der Waals surface area contributed by atoms with Crippen LogP contribution in [0.4, 0.5) is 0 Å². The van der Waals surface area contributed by atoms with Crippen LogP contribution in [0, 0.1) is 5.41 Å². The van der Waals surface area contributed by atoms with Crippen LogP contribution in [-0.4, -0.2) is 29.2 Å². The molecule has 1 atom stereocenters. The van der Waals surface area contributed by atoms with Crippen molar-refractivity contribution in [1.29, 1.82) is 0 Å². The third-order valence-electron chi connectivity index (χ3n) is 4.19. The van der Waals surface area contributed by atoms with Gasteiger partial charge in [-0.3, -0.25) is 0 Å². The van der Waals surface area contributed by atoms with Gasteiger partial charge in [-0.15, -0.1) is 0 Å². The van der Waals surface area contributed by atoms with Crippen molar-refractivity contribution in [3.8, 4) is 0 Å². The molecule has 2 aromatic rings. The molecular formula is C18H22ClN3O2. The summed E-state index contributed by atoms with van der Waals surface area (Å²) in [6, 6.07) is 5.36. The van der Waals surface area contributed by atoms with E-state index >= 15 is 0 Å². The second kappa shape index (κ2) is 6.13. The van der Waals surface area contributed by atoms with Crippen LogP contribution in [0.15, 0.2) is 41.4 Å². The Labute approximate surface area is 146 Å². The SMILES string of the molecule is COC1=CC(C(C)(C)C)=C(OC)C(n2nc3ccc(Cl)cc3n2)C1. The van der Waals surface area contributed by atoms with Gasteiger partial charge in [0.15, 0.2) is 0 Å². The smallest absolute Gasteiger partial charge is 0.136 e. The molecule has 1 aliphatic rings. The minimum absolute atomic E-state index is 0.0797. The molecule has 0 fully saturated rings. The first kappa shape index (κ1) is 16.8. The van der Waals surface area contributed by atoms with Crippen LogP contribution < -0.4 is 0 Å². The molecule has 3 rings (SSSR count). The molecule has 1 aromatic heterocycles. The maximum Gasteiger partial charge on any atom is 0.136 e. The van der Waals surface area contributed by atoms with Crippen molar-refractivity contribution in [3.63, 3.8) is 0 Å². The fourth-order valence-corrected chi connectivity index (χ4v) is 3.12. The highest BCUT2D eigenvalue weighted by molar-refractivity contribution is 6.31. The first-order chi connectivity index (χ1) is 11.3. The van der Waals surface area contributed by atoms with Crippen molar-refractivity contribution < 1.29 is 9.47 Å². The number of rotatable bonds is 3. The van der Waals surface area contributed by atoms with E-state index in [0.29, 0.717) is 11.4 Å². The molecule has 0 saturated heterocycles. The summed E-state index contributed by atoms with van der Waals surface area (Å²) in [6.07, 6.45) is 2.71. The van der Waals surface area contributed by atoms with Gasteiger partial charge in [0.05, 0.1) is 20.0 Å². The minimum atomic E-state index is -0.143. The van der Waals surface area contributed by atoms with Gasteiger partial charge in [0, 0.05) is 17.0 Å². The summed E-state index contributed by atoms with van der Waals surface area (Å²) >= 11 is 6.06. The largest absolute Gasteiger partial charge is 0.501 e. The van der Waals surface area contributed by atoms with Gasteiger partial charge in [-0.1, -0.05) is 32.4 Å². The molecular weight excluding hydrogens is 326 g/mol. The van der Waals surface area contributed by atoms with E-state index in [2.05, 4.69) is 37.0 Å². The van der Waals surface area contributed by atoms with Crippen molar-refractivity contribution in [2.45, 2.75) is 33.2 Å². The van der Waals surface area contributed by atoms with Crippen molar-refractivity contribution in [1.82, 2.24) is 15.0 Å². The summed E-state index contributed by atoms with van der Waals surface area (Å²) in [5.74, 6) is 1.76.